The van der Waals surface area contributed by atoms with Crippen molar-refractivity contribution in [2.45, 2.75) is 12.8 Å². The van der Waals surface area contributed by atoms with Crippen molar-refractivity contribution in [3.63, 3.8) is 0 Å². The fraction of sp³-hybridized carbons (Fsp3) is 0.333. The summed E-state index contributed by atoms with van der Waals surface area (Å²) >= 11 is 6.00. The Balaban J connectivity index is 1.40. The number of carbonyl (C=O) groups excluding carboxylic acids is 2. The molecule has 0 unspecified atom stereocenters. The van der Waals surface area contributed by atoms with E-state index in [1.807, 2.05) is 0 Å². The third-order valence-electron chi connectivity index (χ3n) is 5.42. The van der Waals surface area contributed by atoms with Gasteiger partial charge in [0.15, 0.2) is 5.78 Å². The zero-order valence-electron chi connectivity index (χ0n) is 17.4. The summed E-state index contributed by atoms with van der Waals surface area (Å²) in [5.74, 6) is 0.159. The normalized spacial score (nSPS) is 15.2. The molecular formula is C24H26ClFN2O3. The number of carbonyl (C=O) groups is 2. The maximum atomic E-state index is 13.0. The number of nitrogens with one attached hydrogen (secondary N) is 1. The van der Waals surface area contributed by atoms with Crippen LogP contribution < -0.4 is 10.1 Å². The first-order chi connectivity index (χ1) is 15.0. The Labute approximate surface area is 186 Å². The zero-order valence-corrected chi connectivity index (χ0v) is 18.2. The van der Waals surface area contributed by atoms with Crippen molar-refractivity contribution in [3.05, 3.63) is 70.5 Å². The molecule has 31 heavy (non-hydrogen) atoms. The standard InChI is InChI=1S/C24H26ClFN2O3/c1-31-22-8-5-20(25)16-19(22)4-9-23(29)27-12-15-28-13-10-18(11-14-28)24(30)17-2-6-21(26)7-3-17/h2-9,16,18H,10-15H2,1H3,(H,27,29)/b9-4+. The largest absolute Gasteiger partial charge is 0.496 e. The SMILES string of the molecule is COc1ccc(Cl)cc1/C=C/C(=O)NCCN1CCC(C(=O)c2ccc(F)cc2)CC1. The fourth-order valence-electron chi connectivity index (χ4n) is 3.67. The molecule has 1 heterocycles. The lowest BCUT2D eigenvalue weighted by Gasteiger charge is -2.31. The van der Waals surface area contributed by atoms with E-state index in [1.54, 1.807) is 43.5 Å². The van der Waals surface area contributed by atoms with Crippen LogP contribution in [0.5, 0.6) is 5.75 Å². The van der Waals surface area contributed by atoms with Crippen LogP contribution in [0.2, 0.25) is 5.02 Å². The summed E-state index contributed by atoms with van der Waals surface area (Å²) in [7, 11) is 1.57. The summed E-state index contributed by atoms with van der Waals surface area (Å²) < 4.78 is 18.3. The van der Waals surface area contributed by atoms with E-state index in [-0.39, 0.29) is 23.4 Å². The number of methoxy groups -OCH3 is 1. The lowest BCUT2D eigenvalue weighted by Crippen LogP contribution is -2.40. The predicted octanol–water partition coefficient (Wildman–Crippen LogP) is 4.21. The van der Waals surface area contributed by atoms with E-state index >= 15 is 0 Å². The van der Waals surface area contributed by atoms with Crippen molar-refractivity contribution >= 4 is 29.4 Å². The van der Waals surface area contributed by atoms with Crippen molar-refractivity contribution in [3.8, 4) is 5.75 Å². The molecule has 1 fully saturated rings. The van der Waals surface area contributed by atoms with Crippen molar-refractivity contribution in [1.29, 1.82) is 0 Å². The van der Waals surface area contributed by atoms with E-state index in [0.29, 0.717) is 22.9 Å². The van der Waals surface area contributed by atoms with E-state index in [4.69, 9.17) is 16.3 Å². The number of piperidine rings is 1. The van der Waals surface area contributed by atoms with Gasteiger partial charge in [-0.25, -0.2) is 4.39 Å². The topological polar surface area (TPSA) is 58.6 Å². The lowest BCUT2D eigenvalue weighted by atomic mass is 9.89. The molecule has 3 rings (SSSR count). The number of rotatable bonds is 8. The average molecular weight is 445 g/mol. The van der Waals surface area contributed by atoms with Gasteiger partial charge in [-0.05, 0) is 74.5 Å². The minimum atomic E-state index is -0.338. The quantitative estimate of drug-likeness (QED) is 0.489. The molecule has 1 N–H and O–H groups in total. The molecule has 7 heteroatoms. The number of likely N-dealkylation sites (tertiary alicyclic amines) is 1. The molecule has 0 radical (unpaired) electrons. The average Bonchev–Trinajstić information content (AvgIpc) is 2.78. The molecule has 0 spiro atoms. The van der Waals surface area contributed by atoms with Crippen molar-refractivity contribution in [2.24, 2.45) is 5.92 Å². The minimum absolute atomic E-state index is 0.0353. The lowest BCUT2D eigenvalue weighted by molar-refractivity contribution is -0.116. The molecule has 2 aromatic carbocycles. The number of hydrogen-bond donors (Lipinski definition) is 1. The third-order valence-corrected chi connectivity index (χ3v) is 5.66. The van der Waals surface area contributed by atoms with E-state index in [2.05, 4.69) is 10.2 Å². The second-order valence-electron chi connectivity index (χ2n) is 7.50. The van der Waals surface area contributed by atoms with Crippen molar-refractivity contribution in [2.75, 3.05) is 33.3 Å². The number of benzene rings is 2. The second kappa shape index (κ2) is 11.1. The molecule has 1 aliphatic rings. The van der Waals surface area contributed by atoms with Gasteiger partial charge in [0, 0.05) is 41.2 Å². The molecule has 0 aromatic heterocycles. The van der Waals surface area contributed by atoms with Crippen LogP contribution in [0.1, 0.15) is 28.8 Å². The Hall–Kier alpha value is -2.70. The second-order valence-corrected chi connectivity index (χ2v) is 7.93. The molecule has 0 bridgehead atoms. The molecule has 0 atom stereocenters. The van der Waals surface area contributed by atoms with Gasteiger partial charge in [0.05, 0.1) is 7.11 Å². The van der Waals surface area contributed by atoms with Crippen LogP contribution in [0.15, 0.2) is 48.5 Å². The van der Waals surface area contributed by atoms with Crippen LogP contribution >= 0.6 is 11.6 Å². The van der Waals surface area contributed by atoms with Gasteiger partial charge in [-0.3, -0.25) is 9.59 Å². The Kier molecular flexibility index (Phi) is 8.20. The zero-order chi connectivity index (χ0) is 22.2. The highest BCUT2D eigenvalue weighted by atomic mass is 35.5. The predicted molar refractivity (Wildman–Crippen MR) is 120 cm³/mol. The summed E-state index contributed by atoms with van der Waals surface area (Å²) in [6.45, 7) is 2.83. The minimum Gasteiger partial charge on any atom is -0.496 e. The number of Topliss-reactive ketones (excluding diaryl/α,β-unsaturated/α-hetero) is 1. The first-order valence-corrected chi connectivity index (χ1v) is 10.7. The number of nitrogens with zero attached hydrogens (tertiary/aromatic N) is 1. The number of hydrogen-bond acceptors (Lipinski definition) is 4. The molecule has 164 valence electrons. The summed E-state index contributed by atoms with van der Waals surface area (Å²) in [5.41, 5.74) is 1.30. The highest BCUT2D eigenvalue weighted by Gasteiger charge is 2.25. The molecule has 5 nitrogen and oxygen atoms in total. The molecule has 1 amide bonds. The van der Waals surface area contributed by atoms with Gasteiger partial charge < -0.3 is 15.0 Å². The Morgan fingerprint density at radius 1 is 1.19 bits per heavy atom. The molecule has 1 saturated heterocycles. The van der Waals surface area contributed by atoms with Gasteiger partial charge in [0.25, 0.3) is 0 Å². The van der Waals surface area contributed by atoms with Gasteiger partial charge >= 0.3 is 0 Å². The van der Waals surface area contributed by atoms with Gasteiger partial charge in [-0.2, -0.15) is 0 Å². The first kappa shape index (κ1) is 23.0. The fourth-order valence-corrected chi connectivity index (χ4v) is 3.85. The van der Waals surface area contributed by atoms with E-state index in [1.165, 1.54) is 18.2 Å². The van der Waals surface area contributed by atoms with Crippen LogP contribution in [0.4, 0.5) is 4.39 Å². The van der Waals surface area contributed by atoms with E-state index in [0.717, 1.165) is 38.0 Å². The molecule has 2 aromatic rings. The monoisotopic (exact) mass is 444 g/mol. The smallest absolute Gasteiger partial charge is 0.244 e. The molecule has 1 aliphatic heterocycles. The molecule has 0 saturated carbocycles. The Morgan fingerprint density at radius 2 is 1.90 bits per heavy atom. The van der Waals surface area contributed by atoms with Crippen LogP contribution in [-0.2, 0) is 4.79 Å². The van der Waals surface area contributed by atoms with Crippen LogP contribution in [0.25, 0.3) is 6.08 Å². The van der Waals surface area contributed by atoms with E-state index < -0.39 is 0 Å². The van der Waals surface area contributed by atoms with Crippen LogP contribution in [-0.4, -0.2) is 49.9 Å². The van der Waals surface area contributed by atoms with Gasteiger partial charge in [0.1, 0.15) is 11.6 Å². The summed E-state index contributed by atoms with van der Waals surface area (Å²) in [6.07, 6.45) is 4.66. The van der Waals surface area contributed by atoms with Crippen molar-refractivity contribution < 1.29 is 18.7 Å². The van der Waals surface area contributed by atoms with E-state index in [9.17, 15) is 14.0 Å². The van der Waals surface area contributed by atoms with Crippen molar-refractivity contribution in [1.82, 2.24) is 10.2 Å². The first-order valence-electron chi connectivity index (χ1n) is 10.3. The highest BCUT2D eigenvalue weighted by molar-refractivity contribution is 6.30. The van der Waals surface area contributed by atoms with Gasteiger partial charge in [0.2, 0.25) is 5.91 Å². The van der Waals surface area contributed by atoms with Crippen LogP contribution in [0, 0.1) is 11.7 Å². The Bertz CT molecular complexity index is 938. The number of ketones is 1. The van der Waals surface area contributed by atoms with Gasteiger partial charge in [-0.15, -0.1) is 0 Å². The number of halogens is 2. The maximum absolute atomic E-state index is 13.0. The number of ether oxygens (including phenoxy) is 1. The number of amides is 1. The Morgan fingerprint density at radius 3 is 2.58 bits per heavy atom. The van der Waals surface area contributed by atoms with Gasteiger partial charge in [-0.1, -0.05) is 11.6 Å². The molecular weight excluding hydrogens is 419 g/mol. The summed E-state index contributed by atoms with van der Waals surface area (Å²) in [6, 6.07) is 11.0. The summed E-state index contributed by atoms with van der Waals surface area (Å²) in [5, 5.41) is 3.45. The summed E-state index contributed by atoms with van der Waals surface area (Å²) in [4.78, 5) is 26.9. The third kappa shape index (κ3) is 6.64. The molecule has 0 aliphatic carbocycles. The maximum Gasteiger partial charge on any atom is 0.244 e. The van der Waals surface area contributed by atoms with Crippen LogP contribution in [0.3, 0.4) is 0 Å². The highest BCUT2D eigenvalue weighted by Crippen LogP contribution is 2.24.